The van der Waals surface area contributed by atoms with E-state index < -0.39 is 11.0 Å². The van der Waals surface area contributed by atoms with E-state index in [0.717, 1.165) is 0 Å². The number of para-hydroxylation sites is 1. The number of methoxy groups -OCH3 is 1. The Morgan fingerprint density at radius 3 is 2.68 bits per heavy atom. The summed E-state index contributed by atoms with van der Waals surface area (Å²) >= 11 is 0. The SMILES string of the molecule is COc1cccc(NCC(O)CC(C)C)c1[N+](=O)[O-]. The lowest BCUT2D eigenvalue weighted by Crippen LogP contribution is -2.21. The van der Waals surface area contributed by atoms with Gasteiger partial charge in [0.2, 0.25) is 0 Å². The molecule has 106 valence electrons. The molecule has 0 aliphatic heterocycles. The van der Waals surface area contributed by atoms with Crippen molar-refractivity contribution in [2.24, 2.45) is 5.92 Å². The molecule has 0 spiro atoms. The van der Waals surface area contributed by atoms with Gasteiger partial charge >= 0.3 is 5.69 Å². The number of ether oxygens (including phenoxy) is 1. The highest BCUT2D eigenvalue weighted by molar-refractivity contribution is 5.68. The number of aliphatic hydroxyl groups is 1. The number of nitro benzene ring substituents is 1. The van der Waals surface area contributed by atoms with Crippen LogP contribution in [0.1, 0.15) is 20.3 Å². The van der Waals surface area contributed by atoms with Crippen LogP contribution in [-0.2, 0) is 0 Å². The van der Waals surface area contributed by atoms with Crippen molar-refractivity contribution in [3.05, 3.63) is 28.3 Å². The van der Waals surface area contributed by atoms with E-state index in [1.165, 1.54) is 13.2 Å². The Kier molecular flexibility index (Phi) is 5.57. The van der Waals surface area contributed by atoms with Crippen molar-refractivity contribution < 1.29 is 14.8 Å². The molecule has 0 aliphatic carbocycles. The van der Waals surface area contributed by atoms with Crippen molar-refractivity contribution in [2.75, 3.05) is 19.0 Å². The van der Waals surface area contributed by atoms with Gasteiger partial charge in [0.15, 0.2) is 5.75 Å². The minimum absolute atomic E-state index is 0.109. The second kappa shape index (κ2) is 6.94. The zero-order valence-electron chi connectivity index (χ0n) is 11.4. The topological polar surface area (TPSA) is 84.6 Å². The van der Waals surface area contributed by atoms with Crippen molar-refractivity contribution in [1.82, 2.24) is 0 Å². The lowest BCUT2D eigenvalue weighted by Gasteiger charge is -2.15. The number of nitro groups is 1. The van der Waals surface area contributed by atoms with Crippen LogP contribution in [0.2, 0.25) is 0 Å². The molecule has 0 saturated heterocycles. The summed E-state index contributed by atoms with van der Waals surface area (Å²) in [5.41, 5.74) is 0.244. The summed E-state index contributed by atoms with van der Waals surface area (Å²) in [6.07, 6.45) is 0.107. The first-order valence-corrected chi connectivity index (χ1v) is 6.19. The summed E-state index contributed by atoms with van der Waals surface area (Å²) in [4.78, 5) is 10.6. The van der Waals surface area contributed by atoms with Gasteiger partial charge < -0.3 is 15.2 Å². The number of benzene rings is 1. The summed E-state index contributed by atoms with van der Waals surface area (Å²) in [6.45, 7) is 4.29. The fourth-order valence-electron chi connectivity index (χ4n) is 1.87. The second-order valence-electron chi connectivity index (χ2n) is 4.78. The van der Waals surface area contributed by atoms with Gasteiger partial charge in [-0.25, -0.2) is 0 Å². The first kappa shape index (κ1) is 15.2. The zero-order valence-corrected chi connectivity index (χ0v) is 11.4. The summed E-state index contributed by atoms with van der Waals surface area (Å²) in [6, 6.07) is 4.81. The van der Waals surface area contributed by atoms with E-state index in [1.807, 2.05) is 13.8 Å². The van der Waals surface area contributed by atoms with Crippen LogP contribution >= 0.6 is 0 Å². The van der Waals surface area contributed by atoms with Crippen LogP contribution in [0.3, 0.4) is 0 Å². The molecule has 0 aliphatic rings. The number of rotatable bonds is 7. The van der Waals surface area contributed by atoms with Gasteiger partial charge in [0.1, 0.15) is 5.69 Å². The lowest BCUT2D eigenvalue weighted by molar-refractivity contribution is -0.384. The fraction of sp³-hybridized carbons (Fsp3) is 0.538. The molecule has 0 amide bonds. The van der Waals surface area contributed by atoms with Gasteiger partial charge in [-0.05, 0) is 24.5 Å². The Morgan fingerprint density at radius 1 is 1.47 bits per heavy atom. The zero-order chi connectivity index (χ0) is 14.4. The molecule has 0 fully saturated rings. The Labute approximate surface area is 112 Å². The van der Waals surface area contributed by atoms with Gasteiger partial charge in [-0.3, -0.25) is 10.1 Å². The molecule has 1 aromatic carbocycles. The molecule has 19 heavy (non-hydrogen) atoms. The first-order valence-electron chi connectivity index (χ1n) is 6.19. The standard InChI is InChI=1S/C13H20N2O4/c1-9(2)7-10(16)8-14-11-5-4-6-12(19-3)13(11)15(17)18/h4-6,9-10,14,16H,7-8H2,1-3H3. The molecule has 0 aromatic heterocycles. The summed E-state index contributed by atoms with van der Waals surface area (Å²) < 4.78 is 4.97. The minimum atomic E-state index is -0.536. The van der Waals surface area contributed by atoms with Crippen LogP contribution in [0.25, 0.3) is 0 Å². The highest BCUT2D eigenvalue weighted by atomic mass is 16.6. The maximum Gasteiger partial charge on any atom is 0.333 e. The van der Waals surface area contributed by atoms with Gasteiger partial charge in [-0.1, -0.05) is 19.9 Å². The Morgan fingerprint density at radius 2 is 2.16 bits per heavy atom. The maximum absolute atomic E-state index is 11.0. The number of nitrogens with zero attached hydrogens (tertiary/aromatic N) is 1. The van der Waals surface area contributed by atoms with Crippen LogP contribution in [0.5, 0.6) is 5.75 Å². The molecule has 6 heteroatoms. The third-order valence-corrected chi connectivity index (χ3v) is 2.67. The van der Waals surface area contributed by atoms with Crippen molar-refractivity contribution in [3.63, 3.8) is 0 Å². The monoisotopic (exact) mass is 268 g/mol. The van der Waals surface area contributed by atoms with Gasteiger partial charge in [-0.2, -0.15) is 0 Å². The molecule has 2 N–H and O–H groups in total. The number of anilines is 1. The third-order valence-electron chi connectivity index (χ3n) is 2.67. The van der Waals surface area contributed by atoms with Crippen molar-refractivity contribution in [2.45, 2.75) is 26.4 Å². The highest BCUT2D eigenvalue weighted by Gasteiger charge is 2.20. The quantitative estimate of drug-likeness (QED) is 0.586. The summed E-state index contributed by atoms with van der Waals surface area (Å²) in [7, 11) is 1.39. The maximum atomic E-state index is 11.0. The molecule has 1 aromatic rings. The summed E-state index contributed by atoms with van der Waals surface area (Å²) in [5, 5.41) is 23.7. The van der Waals surface area contributed by atoms with Gasteiger partial charge in [0.25, 0.3) is 0 Å². The Bertz CT molecular complexity index is 435. The highest BCUT2D eigenvalue weighted by Crippen LogP contribution is 2.34. The molecule has 6 nitrogen and oxygen atoms in total. The number of nitrogens with one attached hydrogen (secondary N) is 1. The van der Waals surface area contributed by atoms with Gasteiger partial charge in [0.05, 0.1) is 18.1 Å². The van der Waals surface area contributed by atoms with Crippen LogP contribution in [0.4, 0.5) is 11.4 Å². The van der Waals surface area contributed by atoms with E-state index in [1.54, 1.807) is 12.1 Å². The average molecular weight is 268 g/mol. The summed E-state index contributed by atoms with van der Waals surface area (Å²) in [5.74, 6) is 0.574. The van der Waals surface area contributed by atoms with Crippen molar-refractivity contribution in [1.29, 1.82) is 0 Å². The predicted octanol–water partition coefficient (Wildman–Crippen LogP) is 2.42. The van der Waals surface area contributed by atoms with E-state index >= 15 is 0 Å². The number of hydrogen-bond donors (Lipinski definition) is 2. The molecular weight excluding hydrogens is 248 g/mol. The molecule has 0 bridgehead atoms. The third kappa shape index (κ3) is 4.40. The smallest absolute Gasteiger partial charge is 0.333 e. The Balaban J connectivity index is 2.80. The number of aliphatic hydroxyl groups excluding tert-OH is 1. The van der Waals surface area contributed by atoms with Crippen LogP contribution < -0.4 is 10.1 Å². The lowest BCUT2D eigenvalue weighted by atomic mass is 10.1. The van der Waals surface area contributed by atoms with Gasteiger partial charge in [0, 0.05) is 6.54 Å². The Hall–Kier alpha value is -1.82. The molecule has 0 radical (unpaired) electrons. The predicted molar refractivity (Wildman–Crippen MR) is 73.6 cm³/mol. The van der Waals surface area contributed by atoms with Crippen molar-refractivity contribution >= 4 is 11.4 Å². The van der Waals surface area contributed by atoms with Crippen LogP contribution in [-0.4, -0.2) is 29.8 Å². The van der Waals surface area contributed by atoms with E-state index in [4.69, 9.17) is 4.74 Å². The molecule has 1 atom stereocenters. The average Bonchev–Trinajstić information content (AvgIpc) is 2.34. The minimum Gasteiger partial charge on any atom is -0.490 e. The second-order valence-corrected chi connectivity index (χ2v) is 4.78. The van der Waals surface area contributed by atoms with Gasteiger partial charge in [-0.15, -0.1) is 0 Å². The molecule has 0 heterocycles. The molecular formula is C13H20N2O4. The largest absolute Gasteiger partial charge is 0.490 e. The molecule has 1 rings (SSSR count). The van der Waals surface area contributed by atoms with E-state index in [-0.39, 0.29) is 18.0 Å². The van der Waals surface area contributed by atoms with E-state index in [0.29, 0.717) is 18.0 Å². The molecule has 0 saturated carbocycles. The fourth-order valence-corrected chi connectivity index (χ4v) is 1.87. The molecule has 1 unspecified atom stereocenters. The van der Waals surface area contributed by atoms with E-state index in [2.05, 4.69) is 5.32 Å². The first-order chi connectivity index (χ1) is 8.95. The van der Waals surface area contributed by atoms with E-state index in [9.17, 15) is 15.2 Å². The van der Waals surface area contributed by atoms with Crippen LogP contribution in [0.15, 0.2) is 18.2 Å². The van der Waals surface area contributed by atoms with Crippen LogP contribution in [0, 0.1) is 16.0 Å². The number of hydrogen-bond acceptors (Lipinski definition) is 5. The normalized spacial score (nSPS) is 12.3. The van der Waals surface area contributed by atoms with Crippen molar-refractivity contribution in [3.8, 4) is 5.75 Å².